The number of rotatable bonds is 5. The van der Waals surface area contributed by atoms with E-state index in [1.807, 2.05) is 39.8 Å². The molecule has 0 fully saturated rings. The number of carbonyl (C=O) groups excluding carboxylic acids is 2. The van der Waals surface area contributed by atoms with Gasteiger partial charge in [-0.25, -0.2) is 0 Å². The summed E-state index contributed by atoms with van der Waals surface area (Å²) in [5.74, 6) is -0.851. The monoisotopic (exact) mass is 254 g/mol. The Hall–Kier alpha value is -1.41. The summed E-state index contributed by atoms with van der Waals surface area (Å²) in [6, 6.07) is 9.42. The van der Waals surface area contributed by atoms with Crippen LogP contribution in [0.3, 0.4) is 0 Å². The predicted molar refractivity (Wildman–Crippen MR) is 66.0 cm³/mol. The summed E-state index contributed by atoms with van der Waals surface area (Å²) in [6.07, 6.45) is -0.246. The smallest absolute Gasteiger partial charge is 0.308 e. The van der Waals surface area contributed by atoms with Gasteiger partial charge in [-0.2, -0.15) is 0 Å². The van der Waals surface area contributed by atoms with Crippen LogP contribution in [0, 0.1) is 0 Å². The van der Waals surface area contributed by atoms with E-state index in [9.17, 15) is 9.59 Å². The topological polar surface area (TPSA) is 52.6 Å². The molecule has 4 nitrogen and oxygen atoms in total. The fourth-order valence-corrected chi connectivity index (χ4v) is 1.43. The average Bonchev–Trinajstić information content (AvgIpc) is 2.36. The zero-order valence-corrected chi connectivity index (χ0v) is 10.7. The number of benzene rings is 1. The van der Waals surface area contributed by atoms with Gasteiger partial charge in [-0.15, -0.1) is 0 Å². The molecular weight excluding hydrogens is 239 g/mol. The summed E-state index contributed by atoms with van der Waals surface area (Å²) in [6.45, 7) is 1.79. The molecule has 1 unspecified atom stereocenters. The Kier molecular flexibility index (Phi) is 5.64. The number of hydrogen-bond acceptors (Lipinski definition) is 4. The third-order valence-electron chi connectivity index (χ3n) is 2.24. The van der Waals surface area contributed by atoms with Gasteiger partial charge in [0, 0.05) is 0 Å². The number of esters is 1. The number of carbonyl (C=O) groups is 2. The Bertz CT molecular complexity index is 377. The molecule has 1 aromatic carbocycles. The molecule has 0 bridgehead atoms. The molecular formula is C12H15O4P. The molecule has 0 aliphatic carbocycles. The van der Waals surface area contributed by atoms with Crippen molar-refractivity contribution in [3.8, 4) is 0 Å². The van der Waals surface area contributed by atoms with Crippen molar-refractivity contribution in [1.82, 2.24) is 0 Å². The van der Waals surface area contributed by atoms with Crippen molar-refractivity contribution in [2.45, 2.75) is 25.9 Å². The van der Waals surface area contributed by atoms with Gasteiger partial charge in [0.15, 0.2) is 0 Å². The van der Waals surface area contributed by atoms with Crippen LogP contribution in [0.2, 0.25) is 0 Å². The first-order valence-electron chi connectivity index (χ1n) is 5.27. The normalized spacial score (nSPS) is 11.6. The molecule has 0 aliphatic heterocycles. The molecule has 0 radical (unpaired) electrons. The zero-order valence-electron chi connectivity index (χ0n) is 9.59. The zero-order chi connectivity index (χ0) is 12.7. The average molecular weight is 254 g/mol. The van der Waals surface area contributed by atoms with E-state index in [4.69, 9.17) is 4.74 Å². The lowest BCUT2D eigenvalue weighted by molar-refractivity contribution is -0.150. The second-order valence-electron chi connectivity index (χ2n) is 3.53. The van der Waals surface area contributed by atoms with Crippen molar-refractivity contribution in [2.75, 3.05) is 0 Å². The van der Waals surface area contributed by atoms with E-state index in [2.05, 4.69) is 4.52 Å². The number of hydrogen-bond donors (Lipinski definition) is 0. The molecule has 0 aliphatic rings. The second-order valence-corrected chi connectivity index (χ2v) is 3.77. The minimum absolute atomic E-state index is 0.0316. The third kappa shape index (κ3) is 4.96. The van der Waals surface area contributed by atoms with Gasteiger partial charge in [0.1, 0.15) is 6.10 Å². The minimum Gasteiger partial charge on any atom is -0.458 e. The van der Waals surface area contributed by atoms with E-state index >= 15 is 0 Å². The van der Waals surface area contributed by atoms with Crippen molar-refractivity contribution in [3.63, 3.8) is 0 Å². The summed E-state index contributed by atoms with van der Waals surface area (Å²) < 4.78 is 9.54. The molecule has 1 rings (SSSR count). The van der Waals surface area contributed by atoms with Gasteiger partial charge in [0.2, 0.25) is 0 Å². The molecule has 92 valence electrons. The lowest BCUT2D eigenvalue weighted by Gasteiger charge is -2.13. The SMILES string of the molecule is C[C@@H](OC(=O)CCC(=O)OP)c1ccccc1. The van der Waals surface area contributed by atoms with Crippen LogP contribution in [0.15, 0.2) is 30.3 Å². The molecule has 1 aromatic rings. The molecule has 0 saturated heterocycles. The van der Waals surface area contributed by atoms with Crippen LogP contribution in [0.4, 0.5) is 0 Å². The molecule has 0 aromatic heterocycles. The van der Waals surface area contributed by atoms with E-state index in [0.717, 1.165) is 5.56 Å². The third-order valence-corrected chi connectivity index (χ3v) is 2.50. The fraction of sp³-hybridized carbons (Fsp3) is 0.333. The molecule has 0 heterocycles. The fourth-order valence-electron chi connectivity index (χ4n) is 1.31. The predicted octanol–water partition coefficient (Wildman–Crippen LogP) is 2.40. The molecule has 5 heteroatoms. The maximum absolute atomic E-state index is 11.4. The van der Waals surface area contributed by atoms with Crippen molar-refractivity contribution >= 4 is 21.4 Å². The highest BCUT2D eigenvalue weighted by molar-refractivity contribution is 7.10. The van der Waals surface area contributed by atoms with Gasteiger partial charge >= 0.3 is 11.9 Å². The molecule has 0 N–H and O–H groups in total. The van der Waals surface area contributed by atoms with E-state index in [1.54, 1.807) is 6.92 Å². The van der Waals surface area contributed by atoms with Gasteiger partial charge in [-0.1, -0.05) is 30.3 Å². The van der Waals surface area contributed by atoms with E-state index in [-0.39, 0.29) is 18.9 Å². The van der Waals surface area contributed by atoms with Gasteiger partial charge in [-0.3, -0.25) is 9.59 Å². The Morgan fingerprint density at radius 2 is 1.76 bits per heavy atom. The Morgan fingerprint density at radius 1 is 1.18 bits per heavy atom. The molecule has 0 spiro atoms. The van der Waals surface area contributed by atoms with Crippen LogP contribution < -0.4 is 0 Å². The van der Waals surface area contributed by atoms with Crippen molar-refractivity contribution in [3.05, 3.63) is 35.9 Å². The molecule has 0 saturated carbocycles. The van der Waals surface area contributed by atoms with Crippen LogP contribution in [-0.4, -0.2) is 11.9 Å². The van der Waals surface area contributed by atoms with E-state index in [0.29, 0.717) is 0 Å². The van der Waals surface area contributed by atoms with E-state index in [1.165, 1.54) is 0 Å². The number of ether oxygens (including phenoxy) is 1. The van der Waals surface area contributed by atoms with Gasteiger partial charge in [-0.05, 0) is 12.5 Å². The van der Waals surface area contributed by atoms with Gasteiger partial charge in [0.05, 0.1) is 22.3 Å². The quantitative estimate of drug-likeness (QED) is 0.598. The summed E-state index contributed by atoms with van der Waals surface area (Å²) in [7, 11) is 1.85. The van der Waals surface area contributed by atoms with Crippen LogP contribution in [0.25, 0.3) is 0 Å². The first-order chi connectivity index (χ1) is 8.13. The molecule has 2 atom stereocenters. The summed E-state index contributed by atoms with van der Waals surface area (Å²) >= 11 is 0. The van der Waals surface area contributed by atoms with E-state index < -0.39 is 11.9 Å². The maximum Gasteiger partial charge on any atom is 0.308 e. The van der Waals surface area contributed by atoms with Crippen molar-refractivity contribution in [2.24, 2.45) is 0 Å². The van der Waals surface area contributed by atoms with Gasteiger partial charge in [0.25, 0.3) is 0 Å². The van der Waals surface area contributed by atoms with Crippen LogP contribution in [0.5, 0.6) is 0 Å². The minimum atomic E-state index is -0.445. The molecule has 0 amide bonds. The summed E-state index contributed by atoms with van der Waals surface area (Å²) in [5.41, 5.74) is 0.925. The Labute approximate surface area is 103 Å². The maximum atomic E-state index is 11.4. The Balaban J connectivity index is 2.39. The highest BCUT2D eigenvalue weighted by Gasteiger charge is 2.13. The van der Waals surface area contributed by atoms with Crippen LogP contribution in [-0.2, 0) is 18.8 Å². The Morgan fingerprint density at radius 3 is 2.35 bits per heavy atom. The highest BCUT2D eigenvalue weighted by atomic mass is 31.0. The first-order valence-corrected chi connectivity index (χ1v) is 5.74. The first kappa shape index (κ1) is 13.7. The van der Waals surface area contributed by atoms with Crippen molar-refractivity contribution in [1.29, 1.82) is 0 Å². The largest absolute Gasteiger partial charge is 0.458 e. The lowest BCUT2D eigenvalue weighted by Crippen LogP contribution is -2.10. The highest BCUT2D eigenvalue weighted by Crippen LogP contribution is 2.16. The lowest BCUT2D eigenvalue weighted by atomic mass is 10.1. The van der Waals surface area contributed by atoms with Crippen molar-refractivity contribution < 1.29 is 18.8 Å². The van der Waals surface area contributed by atoms with Gasteiger partial charge < -0.3 is 9.26 Å². The second kappa shape index (κ2) is 7.02. The van der Waals surface area contributed by atoms with Crippen LogP contribution in [0.1, 0.15) is 31.4 Å². The standard InChI is InChI=1S/C12H15O4P/c1-9(10-5-3-2-4-6-10)15-11(13)7-8-12(14)16-17/h2-6,9H,7-8,17H2,1H3/t9-/m1/s1. The summed E-state index contributed by atoms with van der Waals surface area (Å²) in [5, 5.41) is 0. The summed E-state index contributed by atoms with van der Waals surface area (Å²) in [4.78, 5) is 22.2. The van der Waals surface area contributed by atoms with Crippen LogP contribution >= 0.6 is 9.47 Å². The molecule has 17 heavy (non-hydrogen) atoms.